The van der Waals surface area contributed by atoms with E-state index in [-0.39, 0.29) is 5.91 Å². The molecule has 1 saturated heterocycles. The van der Waals surface area contributed by atoms with Gasteiger partial charge >= 0.3 is 0 Å². The van der Waals surface area contributed by atoms with Gasteiger partial charge in [0.05, 0.1) is 12.9 Å². The predicted molar refractivity (Wildman–Crippen MR) is 108 cm³/mol. The SMILES string of the molecule is CCn1c(SCC(=O)N2CCCC2)nnc1-c1nc(-c2ccc(OC)cc2)no1. The number of amides is 1. The average Bonchev–Trinajstić information content (AvgIpc) is 3.52. The second-order valence-corrected chi connectivity index (χ2v) is 7.52. The van der Waals surface area contributed by atoms with Gasteiger partial charge in [-0.1, -0.05) is 16.9 Å². The van der Waals surface area contributed by atoms with Crippen molar-refractivity contribution in [2.45, 2.75) is 31.5 Å². The van der Waals surface area contributed by atoms with Crippen molar-refractivity contribution in [2.75, 3.05) is 26.0 Å². The number of thioether (sulfide) groups is 1. The topological polar surface area (TPSA) is 99.2 Å². The molecule has 1 aliphatic rings. The van der Waals surface area contributed by atoms with E-state index in [2.05, 4.69) is 20.3 Å². The Labute approximate surface area is 172 Å². The van der Waals surface area contributed by atoms with Crippen LogP contribution in [0.1, 0.15) is 19.8 Å². The Kier molecular flexibility index (Phi) is 5.79. The van der Waals surface area contributed by atoms with Crippen LogP contribution in [0.3, 0.4) is 0 Å². The molecule has 2 aromatic heterocycles. The van der Waals surface area contributed by atoms with Gasteiger partial charge in [-0.25, -0.2) is 0 Å². The summed E-state index contributed by atoms with van der Waals surface area (Å²) in [6, 6.07) is 7.41. The molecule has 0 bridgehead atoms. The number of hydrogen-bond donors (Lipinski definition) is 0. The highest BCUT2D eigenvalue weighted by Gasteiger charge is 2.22. The van der Waals surface area contributed by atoms with Gasteiger partial charge in [-0.15, -0.1) is 10.2 Å². The fourth-order valence-electron chi connectivity index (χ4n) is 3.19. The Morgan fingerprint density at radius 1 is 1.21 bits per heavy atom. The molecule has 0 unspecified atom stereocenters. The highest BCUT2D eigenvalue weighted by Crippen LogP contribution is 2.26. The lowest BCUT2D eigenvalue weighted by Crippen LogP contribution is -2.29. The maximum absolute atomic E-state index is 12.3. The Hall–Kier alpha value is -2.88. The average molecular weight is 414 g/mol. The smallest absolute Gasteiger partial charge is 0.296 e. The fraction of sp³-hybridized carbons (Fsp3) is 0.421. The van der Waals surface area contributed by atoms with Crippen LogP contribution in [0.15, 0.2) is 33.9 Å². The van der Waals surface area contributed by atoms with E-state index in [1.54, 1.807) is 7.11 Å². The number of aromatic nitrogens is 5. The van der Waals surface area contributed by atoms with Crippen LogP contribution in [-0.2, 0) is 11.3 Å². The van der Waals surface area contributed by atoms with E-state index in [0.29, 0.717) is 35.0 Å². The second kappa shape index (κ2) is 8.64. The third kappa shape index (κ3) is 4.12. The summed E-state index contributed by atoms with van der Waals surface area (Å²) in [7, 11) is 1.62. The first-order valence-corrected chi connectivity index (χ1v) is 10.5. The number of hydrogen-bond acceptors (Lipinski definition) is 8. The molecule has 10 heteroatoms. The van der Waals surface area contributed by atoms with Crippen molar-refractivity contribution in [1.29, 1.82) is 0 Å². The molecular formula is C19H22N6O3S. The van der Waals surface area contributed by atoms with Crippen molar-refractivity contribution < 1.29 is 14.1 Å². The normalized spacial score (nSPS) is 13.8. The van der Waals surface area contributed by atoms with E-state index in [0.717, 1.165) is 37.2 Å². The number of methoxy groups -OCH3 is 1. The monoisotopic (exact) mass is 414 g/mol. The van der Waals surface area contributed by atoms with Gasteiger partial charge in [-0.05, 0) is 44.0 Å². The van der Waals surface area contributed by atoms with Crippen molar-refractivity contribution in [2.24, 2.45) is 0 Å². The minimum atomic E-state index is 0.138. The molecule has 0 aliphatic carbocycles. The lowest BCUT2D eigenvalue weighted by molar-refractivity contribution is -0.127. The van der Waals surface area contributed by atoms with E-state index >= 15 is 0 Å². The second-order valence-electron chi connectivity index (χ2n) is 6.58. The summed E-state index contributed by atoms with van der Waals surface area (Å²) in [5.41, 5.74) is 0.814. The molecule has 3 aromatic rings. The lowest BCUT2D eigenvalue weighted by Gasteiger charge is -2.14. The minimum Gasteiger partial charge on any atom is -0.497 e. The van der Waals surface area contributed by atoms with Crippen LogP contribution in [0.25, 0.3) is 23.1 Å². The van der Waals surface area contributed by atoms with Gasteiger partial charge in [0.1, 0.15) is 5.75 Å². The Bertz CT molecular complexity index is 978. The summed E-state index contributed by atoms with van der Waals surface area (Å²) >= 11 is 1.38. The zero-order chi connectivity index (χ0) is 20.2. The molecule has 0 radical (unpaired) electrons. The maximum atomic E-state index is 12.3. The molecule has 0 atom stereocenters. The first-order valence-electron chi connectivity index (χ1n) is 9.52. The van der Waals surface area contributed by atoms with Crippen molar-refractivity contribution in [1.82, 2.24) is 29.8 Å². The van der Waals surface area contributed by atoms with Gasteiger partial charge in [-0.3, -0.25) is 9.36 Å². The lowest BCUT2D eigenvalue weighted by atomic mass is 10.2. The van der Waals surface area contributed by atoms with Gasteiger partial charge in [0.25, 0.3) is 5.89 Å². The van der Waals surface area contributed by atoms with Crippen LogP contribution in [0.2, 0.25) is 0 Å². The molecule has 0 spiro atoms. The molecule has 9 nitrogen and oxygen atoms in total. The zero-order valence-corrected chi connectivity index (χ0v) is 17.2. The van der Waals surface area contributed by atoms with Crippen LogP contribution in [0.4, 0.5) is 0 Å². The third-order valence-corrected chi connectivity index (χ3v) is 5.73. The first kappa shape index (κ1) is 19.4. The summed E-state index contributed by atoms with van der Waals surface area (Å²) < 4.78 is 12.5. The van der Waals surface area contributed by atoms with Crippen LogP contribution >= 0.6 is 11.8 Å². The van der Waals surface area contributed by atoms with Gasteiger partial charge in [0.15, 0.2) is 5.16 Å². The molecule has 1 amide bonds. The highest BCUT2D eigenvalue weighted by molar-refractivity contribution is 7.99. The number of benzene rings is 1. The number of ether oxygens (including phenoxy) is 1. The van der Waals surface area contributed by atoms with Gasteiger partial charge in [-0.2, -0.15) is 4.98 Å². The maximum Gasteiger partial charge on any atom is 0.296 e. The Balaban J connectivity index is 1.50. The molecule has 4 rings (SSSR count). The third-order valence-electron chi connectivity index (χ3n) is 4.78. The minimum absolute atomic E-state index is 0.138. The molecule has 0 N–H and O–H groups in total. The molecule has 3 heterocycles. The molecule has 0 saturated carbocycles. The van der Waals surface area contributed by atoms with Gasteiger partial charge < -0.3 is 14.2 Å². The highest BCUT2D eigenvalue weighted by atomic mass is 32.2. The van der Waals surface area contributed by atoms with Crippen molar-refractivity contribution >= 4 is 17.7 Å². The quantitative estimate of drug-likeness (QED) is 0.544. The fourth-order valence-corrected chi connectivity index (χ4v) is 4.10. The van der Waals surface area contributed by atoms with Crippen molar-refractivity contribution in [3.8, 4) is 28.9 Å². The largest absolute Gasteiger partial charge is 0.497 e. The molecule has 152 valence electrons. The van der Waals surface area contributed by atoms with Gasteiger partial charge in [0, 0.05) is 25.2 Å². The number of carbonyl (C=O) groups excluding carboxylic acids is 1. The molecule has 1 fully saturated rings. The molecular weight excluding hydrogens is 392 g/mol. The Morgan fingerprint density at radius 2 is 1.97 bits per heavy atom. The summed E-state index contributed by atoms with van der Waals surface area (Å²) in [6.45, 7) is 4.31. The molecule has 1 aromatic carbocycles. The number of nitrogens with zero attached hydrogens (tertiary/aromatic N) is 6. The van der Waals surface area contributed by atoms with E-state index in [1.165, 1.54) is 11.8 Å². The summed E-state index contributed by atoms with van der Waals surface area (Å²) in [5.74, 6) is 2.50. The molecule has 1 aliphatic heterocycles. The van der Waals surface area contributed by atoms with Crippen LogP contribution in [0.5, 0.6) is 5.75 Å². The van der Waals surface area contributed by atoms with Crippen molar-refractivity contribution in [3.05, 3.63) is 24.3 Å². The number of rotatable bonds is 7. The first-order chi connectivity index (χ1) is 14.2. The summed E-state index contributed by atoms with van der Waals surface area (Å²) in [6.07, 6.45) is 2.17. The van der Waals surface area contributed by atoms with E-state index in [9.17, 15) is 4.79 Å². The van der Waals surface area contributed by atoms with E-state index < -0.39 is 0 Å². The van der Waals surface area contributed by atoms with Crippen LogP contribution in [-0.4, -0.2) is 61.7 Å². The standard InChI is InChI=1S/C19H22N6O3S/c1-3-25-17(21-22-19(25)29-12-15(26)24-10-4-5-11-24)18-20-16(23-28-18)13-6-8-14(27-2)9-7-13/h6-9H,3-5,10-12H2,1-2H3. The van der Waals surface area contributed by atoms with Crippen LogP contribution in [0, 0.1) is 0 Å². The molecule has 29 heavy (non-hydrogen) atoms. The van der Waals surface area contributed by atoms with E-state index in [1.807, 2.05) is 40.7 Å². The zero-order valence-electron chi connectivity index (χ0n) is 16.4. The Morgan fingerprint density at radius 3 is 2.66 bits per heavy atom. The predicted octanol–water partition coefficient (Wildman–Crippen LogP) is 2.74. The summed E-state index contributed by atoms with van der Waals surface area (Å²) in [5, 5.41) is 13.2. The van der Waals surface area contributed by atoms with Crippen molar-refractivity contribution in [3.63, 3.8) is 0 Å². The van der Waals surface area contributed by atoms with Gasteiger partial charge in [0.2, 0.25) is 17.6 Å². The van der Waals surface area contributed by atoms with Crippen LogP contribution < -0.4 is 4.74 Å². The van der Waals surface area contributed by atoms with E-state index in [4.69, 9.17) is 9.26 Å². The summed E-state index contributed by atoms with van der Waals surface area (Å²) in [4.78, 5) is 18.7. The number of carbonyl (C=O) groups is 1. The number of likely N-dealkylation sites (tertiary alicyclic amines) is 1.